The van der Waals surface area contributed by atoms with Crippen LogP contribution in [0.5, 0.6) is 0 Å². The Kier molecular flexibility index (Phi) is 5.48. The number of rotatable bonds is 5. The molecule has 2 heterocycles. The van der Waals surface area contributed by atoms with Crippen LogP contribution in [0, 0.1) is 5.92 Å². The van der Waals surface area contributed by atoms with Crippen LogP contribution in [0.1, 0.15) is 36.7 Å². The van der Waals surface area contributed by atoms with Crippen molar-refractivity contribution in [3.8, 4) is 0 Å². The molecule has 0 unspecified atom stereocenters. The third-order valence-corrected chi connectivity index (χ3v) is 4.87. The third kappa shape index (κ3) is 3.90. The quantitative estimate of drug-likeness (QED) is 0.899. The lowest BCUT2D eigenvalue weighted by Gasteiger charge is -2.32. The van der Waals surface area contributed by atoms with Gasteiger partial charge in [-0.05, 0) is 44.3 Å². The number of hydrogen-bond donors (Lipinski definition) is 1. The molecule has 6 nitrogen and oxygen atoms in total. The highest BCUT2D eigenvalue weighted by molar-refractivity contribution is 6.04. The molecule has 1 saturated heterocycles. The maximum Gasteiger partial charge on any atom is 0.274 e. The van der Waals surface area contributed by atoms with Crippen LogP contribution in [-0.4, -0.2) is 46.8 Å². The number of carbonyl (C=O) groups excluding carboxylic acids is 1. The fourth-order valence-electron chi connectivity index (χ4n) is 3.63. The van der Waals surface area contributed by atoms with Crippen LogP contribution in [0.25, 0.3) is 10.8 Å². The maximum absolute atomic E-state index is 12.7. The smallest absolute Gasteiger partial charge is 0.274 e. The second-order valence-corrected chi connectivity index (χ2v) is 6.84. The molecule has 0 aliphatic carbocycles. The Labute approximate surface area is 147 Å². The molecule has 134 valence electrons. The van der Waals surface area contributed by atoms with Gasteiger partial charge in [0.05, 0.1) is 5.39 Å². The highest BCUT2D eigenvalue weighted by atomic mass is 16.2. The Bertz CT molecular complexity index is 813. The zero-order valence-corrected chi connectivity index (χ0v) is 15.0. The van der Waals surface area contributed by atoms with E-state index in [0.29, 0.717) is 28.9 Å². The van der Waals surface area contributed by atoms with E-state index >= 15 is 0 Å². The van der Waals surface area contributed by atoms with Crippen molar-refractivity contribution in [1.29, 1.82) is 0 Å². The van der Waals surface area contributed by atoms with Crippen molar-refractivity contribution in [2.45, 2.75) is 26.2 Å². The van der Waals surface area contributed by atoms with Gasteiger partial charge in [-0.2, -0.15) is 5.10 Å². The van der Waals surface area contributed by atoms with E-state index in [9.17, 15) is 9.59 Å². The van der Waals surface area contributed by atoms with E-state index in [4.69, 9.17) is 0 Å². The highest BCUT2D eigenvalue weighted by Crippen LogP contribution is 2.17. The molecule has 0 radical (unpaired) electrons. The Balaban J connectivity index is 1.73. The summed E-state index contributed by atoms with van der Waals surface area (Å²) in [6, 6.07) is 7.14. The molecule has 1 aliphatic rings. The predicted octanol–water partition coefficient (Wildman–Crippen LogP) is 1.79. The van der Waals surface area contributed by atoms with E-state index < -0.39 is 0 Å². The molecule has 0 saturated carbocycles. The summed E-state index contributed by atoms with van der Waals surface area (Å²) in [7, 11) is 1.58. The van der Waals surface area contributed by atoms with Crippen LogP contribution in [-0.2, 0) is 7.05 Å². The molecule has 1 aromatic carbocycles. The number of fused-ring (bicyclic) bond motifs is 1. The van der Waals surface area contributed by atoms with Crippen molar-refractivity contribution in [2.24, 2.45) is 13.0 Å². The molecule has 1 atom stereocenters. The van der Waals surface area contributed by atoms with Gasteiger partial charge in [0.25, 0.3) is 11.5 Å². The van der Waals surface area contributed by atoms with Crippen LogP contribution < -0.4 is 10.9 Å². The van der Waals surface area contributed by atoms with Crippen molar-refractivity contribution in [3.63, 3.8) is 0 Å². The number of piperidine rings is 1. The SMILES string of the molecule is CCCN1CCC[C@H](CNC(=O)c2nn(C)c(=O)c3ccccc23)C1. The Morgan fingerprint density at radius 3 is 2.84 bits per heavy atom. The molecule has 6 heteroatoms. The molecular formula is C19H26N4O2. The number of amides is 1. The first-order chi connectivity index (χ1) is 12.1. The average molecular weight is 342 g/mol. The number of aryl methyl sites for hydroxylation is 1. The monoisotopic (exact) mass is 342 g/mol. The van der Waals surface area contributed by atoms with Crippen LogP contribution in [0.15, 0.2) is 29.1 Å². The van der Waals surface area contributed by atoms with E-state index in [0.717, 1.165) is 32.5 Å². The normalized spacial score (nSPS) is 18.4. The largest absolute Gasteiger partial charge is 0.350 e. The molecular weight excluding hydrogens is 316 g/mol. The van der Waals surface area contributed by atoms with Crippen molar-refractivity contribution < 1.29 is 4.79 Å². The van der Waals surface area contributed by atoms with Crippen molar-refractivity contribution in [1.82, 2.24) is 20.0 Å². The molecule has 1 aromatic heterocycles. The topological polar surface area (TPSA) is 67.2 Å². The van der Waals surface area contributed by atoms with Crippen LogP contribution >= 0.6 is 0 Å². The zero-order valence-electron chi connectivity index (χ0n) is 15.0. The van der Waals surface area contributed by atoms with Crippen LogP contribution in [0.2, 0.25) is 0 Å². The Morgan fingerprint density at radius 1 is 1.32 bits per heavy atom. The molecule has 3 rings (SSSR count). The van der Waals surface area contributed by atoms with E-state index in [1.165, 1.54) is 11.1 Å². The summed E-state index contributed by atoms with van der Waals surface area (Å²) < 4.78 is 1.24. The number of likely N-dealkylation sites (tertiary alicyclic amines) is 1. The van der Waals surface area contributed by atoms with Crippen molar-refractivity contribution in [2.75, 3.05) is 26.2 Å². The van der Waals surface area contributed by atoms with Gasteiger partial charge in [-0.3, -0.25) is 9.59 Å². The van der Waals surface area contributed by atoms with E-state index in [-0.39, 0.29) is 11.5 Å². The van der Waals surface area contributed by atoms with Crippen LogP contribution in [0.4, 0.5) is 0 Å². The zero-order chi connectivity index (χ0) is 17.8. The van der Waals surface area contributed by atoms with Gasteiger partial charge >= 0.3 is 0 Å². The minimum atomic E-state index is -0.209. The lowest BCUT2D eigenvalue weighted by atomic mass is 9.97. The summed E-state index contributed by atoms with van der Waals surface area (Å²) in [5.74, 6) is 0.266. The highest BCUT2D eigenvalue weighted by Gasteiger charge is 2.21. The van der Waals surface area contributed by atoms with Crippen molar-refractivity contribution >= 4 is 16.7 Å². The number of nitrogens with one attached hydrogen (secondary N) is 1. The Morgan fingerprint density at radius 2 is 2.08 bits per heavy atom. The molecule has 1 amide bonds. The molecule has 0 bridgehead atoms. The maximum atomic E-state index is 12.7. The number of nitrogens with zero attached hydrogens (tertiary/aromatic N) is 3. The Hall–Kier alpha value is -2.21. The van der Waals surface area contributed by atoms with E-state index in [1.54, 1.807) is 25.2 Å². The number of benzene rings is 1. The second-order valence-electron chi connectivity index (χ2n) is 6.84. The number of aromatic nitrogens is 2. The van der Waals surface area contributed by atoms with E-state index in [2.05, 4.69) is 22.2 Å². The van der Waals surface area contributed by atoms with Crippen LogP contribution in [0.3, 0.4) is 0 Å². The van der Waals surface area contributed by atoms with Gasteiger partial charge in [-0.1, -0.05) is 25.1 Å². The summed E-state index contributed by atoms with van der Waals surface area (Å²) in [5.41, 5.74) is 0.133. The minimum absolute atomic E-state index is 0.186. The van der Waals surface area contributed by atoms with Gasteiger partial charge in [0.1, 0.15) is 0 Å². The second kappa shape index (κ2) is 7.78. The lowest BCUT2D eigenvalue weighted by Crippen LogP contribution is -2.41. The lowest BCUT2D eigenvalue weighted by molar-refractivity contribution is 0.0927. The first-order valence-corrected chi connectivity index (χ1v) is 9.06. The predicted molar refractivity (Wildman–Crippen MR) is 98.8 cm³/mol. The molecule has 1 fully saturated rings. The first-order valence-electron chi connectivity index (χ1n) is 9.06. The molecule has 25 heavy (non-hydrogen) atoms. The third-order valence-electron chi connectivity index (χ3n) is 4.87. The molecule has 0 spiro atoms. The van der Waals surface area contributed by atoms with Gasteiger partial charge in [0.2, 0.25) is 0 Å². The summed E-state index contributed by atoms with van der Waals surface area (Å²) in [6.07, 6.45) is 3.48. The minimum Gasteiger partial charge on any atom is -0.350 e. The summed E-state index contributed by atoms with van der Waals surface area (Å²) in [6.45, 7) is 6.16. The average Bonchev–Trinajstić information content (AvgIpc) is 2.63. The fraction of sp³-hybridized carbons (Fsp3) is 0.526. The van der Waals surface area contributed by atoms with Crippen molar-refractivity contribution in [3.05, 3.63) is 40.3 Å². The van der Waals surface area contributed by atoms with Gasteiger partial charge in [0, 0.05) is 25.5 Å². The summed E-state index contributed by atoms with van der Waals surface area (Å²) in [4.78, 5) is 27.3. The summed E-state index contributed by atoms with van der Waals surface area (Å²) >= 11 is 0. The van der Waals surface area contributed by atoms with Gasteiger partial charge in [-0.25, -0.2) is 4.68 Å². The number of carbonyl (C=O) groups is 1. The summed E-state index contributed by atoms with van der Waals surface area (Å²) in [5, 5.41) is 8.35. The number of hydrogen-bond acceptors (Lipinski definition) is 4. The molecule has 1 N–H and O–H groups in total. The van der Waals surface area contributed by atoms with Gasteiger partial charge in [-0.15, -0.1) is 0 Å². The first kappa shape index (κ1) is 17.6. The van der Waals surface area contributed by atoms with E-state index in [1.807, 2.05) is 6.07 Å². The molecule has 1 aliphatic heterocycles. The van der Waals surface area contributed by atoms with Gasteiger partial charge in [0.15, 0.2) is 5.69 Å². The fourth-order valence-corrected chi connectivity index (χ4v) is 3.63. The molecule has 2 aromatic rings. The van der Waals surface area contributed by atoms with Gasteiger partial charge < -0.3 is 10.2 Å². The standard InChI is InChI=1S/C19H26N4O2/c1-3-10-23-11-6-7-14(13-23)12-20-18(24)17-15-8-4-5-9-16(15)19(25)22(2)21-17/h4-5,8-9,14H,3,6-7,10-13H2,1-2H3,(H,20,24)/t14-/m1/s1.